The van der Waals surface area contributed by atoms with Gasteiger partial charge < -0.3 is 0 Å². The smallest absolute Gasteiger partial charge is 0.267 e. The number of hydrazine groups is 1. The summed E-state index contributed by atoms with van der Waals surface area (Å²) in [5, 5.41) is 3.75. The second-order valence-electron chi connectivity index (χ2n) is 3.80. The van der Waals surface area contributed by atoms with Crippen LogP contribution in [0.2, 0.25) is 0 Å². The van der Waals surface area contributed by atoms with Gasteiger partial charge in [-0.15, -0.1) is 4.83 Å². The van der Waals surface area contributed by atoms with Crippen LogP contribution in [0.4, 0.5) is 0 Å². The van der Waals surface area contributed by atoms with Crippen LogP contribution in [0.15, 0.2) is 40.2 Å². The Labute approximate surface area is 123 Å². The zero-order valence-corrected chi connectivity index (χ0v) is 12.6. The van der Waals surface area contributed by atoms with Crippen LogP contribution in [0.25, 0.3) is 0 Å². The molecule has 0 aliphatic rings. The molecule has 0 fully saturated rings. The third kappa shape index (κ3) is 3.40. The number of carbonyl (C=O) groups is 1. The number of amides is 1. The third-order valence-corrected chi connectivity index (χ3v) is 3.89. The maximum atomic E-state index is 11.8. The van der Waals surface area contributed by atoms with Crippen molar-refractivity contribution in [3.05, 3.63) is 40.9 Å². The monoisotopic (exact) mass is 359 g/mol. The predicted octanol–water partition coefficient (Wildman–Crippen LogP) is 0.201. The lowest BCUT2D eigenvalue weighted by Gasteiger charge is -2.06. The highest BCUT2D eigenvalue weighted by molar-refractivity contribution is 9.10. The minimum Gasteiger partial charge on any atom is -0.274 e. The zero-order valence-electron chi connectivity index (χ0n) is 10.2. The Morgan fingerprint density at radius 2 is 2.10 bits per heavy atom. The lowest BCUT2D eigenvalue weighted by atomic mass is 10.3. The van der Waals surface area contributed by atoms with Crippen molar-refractivity contribution in [3.8, 4) is 0 Å². The van der Waals surface area contributed by atoms with E-state index in [9.17, 15) is 13.2 Å². The molecule has 8 nitrogen and oxygen atoms in total. The molecule has 0 unspecified atom stereocenters. The predicted molar refractivity (Wildman–Crippen MR) is 72.9 cm³/mol. The summed E-state index contributed by atoms with van der Waals surface area (Å²) in [6, 6.07) is 1.51. The Bertz CT molecular complexity index is 743. The summed E-state index contributed by atoms with van der Waals surface area (Å²) >= 11 is 3.17. The lowest BCUT2D eigenvalue weighted by Crippen LogP contribution is -2.41. The van der Waals surface area contributed by atoms with Gasteiger partial charge >= 0.3 is 0 Å². The molecule has 2 aromatic rings. The molecule has 2 heterocycles. The van der Waals surface area contributed by atoms with Gasteiger partial charge in [-0.2, -0.15) is 5.10 Å². The number of halogens is 1. The van der Waals surface area contributed by atoms with E-state index in [0.29, 0.717) is 4.47 Å². The highest BCUT2D eigenvalue weighted by Gasteiger charge is 2.17. The normalized spacial score (nSPS) is 11.3. The molecule has 0 saturated heterocycles. The number of nitrogens with zero attached hydrogens (tertiary/aromatic N) is 3. The van der Waals surface area contributed by atoms with Gasteiger partial charge in [-0.1, -0.05) is 0 Å². The van der Waals surface area contributed by atoms with Gasteiger partial charge in [0, 0.05) is 30.1 Å². The Balaban J connectivity index is 2.07. The fraction of sp³-hybridized carbons (Fsp3) is 0.100. The number of hydrogen-bond acceptors (Lipinski definition) is 5. The number of hydrogen-bond donors (Lipinski definition) is 2. The molecule has 106 valence electrons. The Morgan fingerprint density at radius 1 is 1.35 bits per heavy atom. The van der Waals surface area contributed by atoms with Crippen molar-refractivity contribution in [2.45, 2.75) is 4.90 Å². The molecular weight excluding hydrogens is 350 g/mol. The van der Waals surface area contributed by atoms with Gasteiger partial charge in [0.1, 0.15) is 4.90 Å². The fourth-order valence-corrected chi connectivity index (χ4v) is 2.51. The second kappa shape index (κ2) is 5.69. The molecule has 0 spiro atoms. The number of pyridine rings is 1. The van der Waals surface area contributed by atoms with E-state index >= 15 is 0 Å². The Morgan fingerprint density at radius 3 is 2.70 bits per heavy atom. The van der Waals surface area contributed by atoms with Crippen LogP contribution in [-0.2, 0) is 17.1 Å². The molecule has 0 bridgehead atoms. The van der Waals surface area contributed by atoms with E-state index in [0.717, 1.165) is 0 Å². The average Bonchev–Trinajstić information content (AvgIpc) is 2.83. The topological polar surface area (TPSA) is 106 Å². The van der Waals surface area contributed by atoms with Crippen molar-refractivity contribution in [1.29, 1.82) is 0 Å². The van der Waals surface area contributed by atoms with Crippen molar-refractivity contribution < 1.29 is 13.2 Å². The van der Waals surface area contributed by atoms with Crippen LogP contribution in [0, 0.1) is 0 Å². The molecule has 2 N–H and O–H groups in total. The summed E-state index contributed by atoms with van der Waals surface area (Å²) in [6.45, 7) is 0. The summed E-state index contributed by atoms with van der Waals surface area (Å²) in [6.07, 6.45) is 5.32. The number of sulfonamides is 1. The standard InChI is InChI=1S/C10H10BrN5O3S/c1-16-6-9(5-13-16)20(18,19)15-14-10(17)7-2-8(11)4-12-3-7/h2-6,15H,1H3,(H,14,17). The highest BCUT2D eigenvalue weighted by Crippen LogP contribution is 2.09. The van der Waals surface area contributed by atoms with Gasteiger partial charge in [0.15, 0.2) is 0 Å². The molecule has 1 amide bonds. The zero-order chi connectivity index (χ0) is 14.8. The maximum Gasteiger partial charge on any atom is 0.267 e. The van der Waals surface area contributed by atoms with Crippen LogP contribution in [0.1, 0.15) is 10.4 Å². The molecule has 0 aromatic carbocycles. The van der Waals surface area contributed by atoms with E-state index in [2.05, 4.69) is 31.4 Å². The van der Waals surface area contributed by atoms with E-state index in [1.807, 2.05) is 4.83 Å². The van der Waals surface area contributed by atoms with E-state index in [4.69, 9.17) is 0 Å². The Hall–Kier alpha value is -1.78. The van der Waals surface area contributed by atoms with Crippen LogP contribution in [0.3, 0.4) is 0 Å². The summed E-state index contributed by atoms with van der Waals surface area (Å²) in [5.74, 6) is -0.619. The number of carbonyl (C=O) groups excluding carboxylic acids is 1. The van der Waals surface area contributed by atoms with Crippen molar-refractivity contribution in [2.24, 2.45) is 7.05 Å². The molecule has 20 heavy (non-hydrogen) atoms. The molecular formula is C10H10BrN5O3S. The van der Waals surface area contributed by atoms with Crippen molar-refractivity contribution in [3.63, 3.8) is 0 Å². The quantitative estimate of drug-likeness (QED) is 0.758. The molecule has 0 aliphatic carbocycles. The summed E-state index contributed by atoms with van der Waals surface area (Å²) in [7, 11) is -2.26. The number of nitrogens with one attached hydrogen (secondary N) is 2. The van der Waals surface area contributed by atoms with Crippen LogP contribution in [0.5, 0.6) is 0 Å². The largest absolute Gasteiger partial charge is 0.274 e. The summed E-state index contributed by atoms with van der Waals surface area (Å²) in [5.41, 5.74) is 2.32. The SMILES string of the molecule is Cn1cc(S(=O)(=O)NNC(=O)c2cncc(Br)c2)cn1. The molecule has 0 radical (unpaired) electrons. The van der Waals surface area contributed by atoms with E-state index in [-0.39, 0.29) is 10.5 Å². The first-order chi connectivity index (χ1) is 9.38. The lowest BCUT2D eigenvalue weighted by molar-refractivity contribution is 0.0944. The maximum absolute atomic E-state index is 11.8. The van der Waals surface area contributed by atoms with Gasteiger partial charge in [-0.25, -0.2) is 8.42 Å². The van der Waals surface area contributed by atoms with Gasteiger partial charge in [0.05, 0.1) is 11.8 Å². The van der Waals surface area contributed by atoms with Crippen LogP contribution < -0.4 is 10.3 Å². The van der Waals surface area contributed by atoms with Gasteiger partial charge in [0.25, 0.3) is 15.9 Å². The van der Waals surface area contributed by atoms with Crippen molar-refractivity contribution >= 4 is 31.9 Å². The summed E-state index contributed by atoms with van der Waals surface area (Å²) < 4.78 is 25.6. The third-order valence-electron chi connectivity index (χ3n) is 2.26. The highest BCUT2D eigenvalue weighted by atomic mass is 79.9. The minimum atomic E-state index is -3.85. The first kappa shape index (κ1) is 14.6. The number of aryl methyl sites for hydroxylation is 1. The van der Waals surface area contributed by atoms with Crippen LogP contribution in [-0.4, -0.2) is 29.1 Å². The van der Waals surface area contributed by atoms with Gasteiger partial charge in [0.2, 0.25) is 0 Å². The minimum absolute atomic E-state index is 0.0485. The molecule has 10 heteroatoms. The van der Waals surface area contributed by atoms with Gasteiger partial charge in [-0.05, 0) is 22.0 Å². The first-order valence-electron chi connectivity index (χ1n) is 5.30. The second-order valence-corrected chi connectivity index (χ2v) is 6.40. The van der Waals surface area contributed by atoms with E-state index < -0.39 is 15.9 Å². The van der Waals surface area contributed by atoms with Crippen LogP contribution >= 0.6 is 15.9 Å². The molecule has 0 saturated carbocycles. The van der Waals surface area contributed by atoms with E-state index in [1.54, 1.807) is 7.05 Å². The molecule has 0 atom stereocenters. The molecule has 2 aromatic heterocycles. The fourth-order valence-electron chi connectivity index (χ4n) is 1.32. The van der Waals surface area contributed by atoms with Crippen molar-refractivity contribution in [2.75, 3.05) is 0 Å². The van der Waals surface area contributed by atoms with Gasteiger partial charge in [-0.3, -0.25) is 19.9 Å². The number of rotatable bonds is 4. The molecule has 0 aliphatic heterocycles. The van der Waals surface area contributed by atoms with Crippen molar-refractivity contribution in [1.82, 2.24) is 25.0 Å². The summed E-state index contributed by atoms with van der Waals surface area (Å²) in [4.78, 5) is 17.5. The van der Waals surface area contributed by atoms with E-state index in [1.165, 1.54) is 35.5 Å². The Kier molecular flexibility index (Phi) is 4.16. The first-order valence-corrected chi connectivity index (χ1v) is 7.57. The number of aromatic nitrogens is 3. The average molecular weight is 360 g/mol. The molecule has 2 rings (SSSR count).